The van der Waals surface area contributed by atoms with Gasteiger partial charge in [-0.1, -0.05) is 35.5 Å². The summed E-state index contributed by atoms with van der Waals surface area (Å²) in [6, 6.07) is 10.1. The summed E-state index contributed by atoms with van der Waals surface area (Å²) in [6.45, 7) is 6.52. The molecular formula is C16H26O4Si. The Morgan fingerprint density at radius 2 is 2.00 bits per heavy atom. The Labute approximate surface area is 129 Å². The van der Waals surface area contributed by atoms with Crippen molar-refractivity contribution in [2.24, 2.45) is 0 Å². The summed E-state index contributed by atoms with van der Waals surface area (Å²) < 4.78 is 17.5. The van der Waals surface area contributed by atoms with Gasteiger partial charge in [-0.2, -0.15) is 0 Å². The minimum absolute atomic E-state index is 0.115. The molecule has 0 bridgehead atoms. The molecule has 0 radical (unpaired) electrons. The van der Waals surface area contributed by atoms with E-state index in [1.54, 1.807) is 7.11 Å². The maximum Gasteiger partial charge on any atom is 0.174 e. The summed E-state index contributed by atoms with van der Waals surface area (Å²) in [4.78, 5) is 0. The fourth-order valence-electron chi connectivity index (χ4n) is 2.58. The van der Waals surface area contributed by atoms with Crippen molar-refractivity contribution in [3.8, 4) is 0 Å². The van der Waals surface area contributed by atoms with Crippen molar-refractivity contribution < 1.29 is 19.3 Å². The van der Waals surface area contributed by atoms with E-state index in [2.05, 4.69) is 12.1 Å². The predicted octanol–water partition coefficient (Wildman–Crippen LogP) is 0.746. The first-order chi connectivity index (χ1) is 9.85. The van der Waals surface area contributed by atoms with Crippen LogP contribution in [0.25, 0.3) is 0 Å². The molecule has 1 saturated heterocycles. The Hall–Kier alpha value is -0.723. The topological polar surface area (TPSA) is 47.9 Å². The van der Waals surface area contributed by atoms with Crippen LogP contribution >= 0.6 is 0 Å². The van der Waals surface area contributed by atoms with Crippen molar-refractivity contribution in [3.05, 3.63) is 30.3 Å². The molecule has 1 fully saturated rings. The third-order valence-electron chi connectivity index (χ3n) is 3.70. The summed E-state index contributed by atoms with van der Waals surface area (Å²) in [5, 5.41) is 11.6. The zero-order valence-electron chi connectivity index (χ0n) is 13.3. The number of hydrogen-bond donors (Lipinski definition) is 1. The number of aliphatic hydroxyl groups is 1. The molecule has 5 heteroatoms. The van der Waals surface area contributed by atoms with Crippen molar-refractivity contribution in [1.82, 2.24) is 0 Å². The van der Waals surface area contributed by atoms with E-state index in [0.29, 0.717) is 13.0 Å². The van der Waals surface area contributed by atoms with Crippen molar-refractivity contribution in [3.63, 3.8) is 0 Å². The molecule has 1 aromatic carbocycles. The highest BCUT2D eigenvalue weighted by molar-refractivity contribution is 6.56. The zero-order valence-corrected chi connectivity index (χ0v) is 14.7. The minimum atomic E-state index is -0.922. The molecule has 118 valence electrons. The van der Waals surface area contributed by atoms with E-state index in [0.717, 1.165) is 0 Å². The molecule has 0 amide bonds. The molecule has 1 N–H and O–H groups in total. The van der Waals surface area contributed by atoms with Gasteiger partial charge in [0.25, 0.3) is 0 Å². The number of hydrogen-bond acceptors (Lipinski definition) is 4. The summed E-state index contributed by atoms with van der Waals surface area (Å²) in [6.07, 6.45) is -0.151. The van der Waals surface area contributed by atoms with Crippen LogP contribution in [0.3, 0.4) is 0 Å². The first kappa shape index (κ1) is 16.6. The van der Waals surface area contributed by atoms with E-state index in [1.165, 1.54) is 5.19 Å². The van der Waals surface area contributed by atoms with Crippen LogP contribution in [0, 0.1) is 0 Å². The van der Waals surface area contributed by atoms with Gasteiger partial charge in [0, 0.05) is 13.5 Å². The van der Waals surface area contributed by atoms with Gasteiger partial charge in [0.05, 0.1) is 18.3 Å². The van der Waals surface area contributed by atoms with Crippen molar-refractivity contribution in [2.45, 2.75) is 50.4 Å². The molecule has 3 atom stereocenters. The Balaban J connectivity index is 2.02. The Kier molecular flexibility index (Phi) is 5.22. The standard InChI is InChI=1S/C16H26O4Si/c1-15(2,3)19-11-12-10-14(17)16(18-4,20-12)21-13-8-6-5-7-9-13/h5-9,12,14,17H,10-11,21H2,1-4H3/t12-,14+,16?/m0/s1. The van der Waals surface area contributed by atoms with Gasteiger partial charge in [0.2, 0.25) is 0 Å². The first-order valence-electron chi connectivity index (χ1n) is 7.43. The normalized spacial score (nSPS) is 30.3. The third kappa shape index (κ3) is 4.37. The van der Waals surface area contributed by atoms with E-state index in [9.17, 15) is 5.11 Å². The van der Waals surface area contributed by atoms with Crippen molar-refractivity contribution >= 4 is 14.7 Å². The molecule has 0 aliphatic carbocycles. The van der Waals surface area contributed by atoms with Gasteiger partial charge in [-0.25, -0.2) is 0 Å². The van der Waals surface area contributed by atoms with E-state index >= 15 is 0 Å². The van der Waals surface area contributed by atoms with Gasteiger partial charge >= 0.3 is 0 Å². The van der Waals surface area contributed by atoms with Crippen LogP contribution in [0.4, 0.5) is 0 Å². The summed E-state index contributed by atoms with van der Waals surface area (Å²) in [5.74, 6) is 0. The lowest BCUT2D eigenvalue weighted by atomic mass is 10.1. The fraction of sp³-hybridized carbons (Fsp3) is 0.625. The maximum atomic E-state index is 10.4. The van der Waals surface area contributed by atoms with Crippen LogP contribution in [0.15, 0.2) is 30.3 Å². The summed E-state index contributed by atoms with van der Waals surface area (Å²) >= 11 is 0. The lowest BCUT2D eigenvalue weighted by molar-refractivity contribution is -0.197. The SMILES string of the molecule is COC1([SiH2]c2ccccc2)O[C@H](COC(C)(C)C)C[C@H]1O. The molecule has 0 spiro atoms. The average molecular weight is 310 g/mol. The van der Waals surface area contributed by atoms with Gasteiger partial charge in [0.15, 0.2) is 5.41 Å². The van der Waals surface area contributed by atoms with Crippen LogP contribution in [0.5, 0.6) is 0 Å². The molecule has 1 aliphatic rings. The predicted molar refractivity (Wildman–Crippen MR) is 85.6 cm³/mol. The van der Waals surface area contributed by atoms with E-state index in [-0.39, 0.29) is 11.7 Å². The van der Waals surface area contributed by atoms with Gasteiger partial charge in [-0.3, -0.25) is 0 Å². The van der Waals surface area contributed by atoms with Crippen molar-refractivity contribution in [2.75, 3.05) is 13.7 Å². The summed E-state index contributed by atoms with van der Waals surface area (Å²) in [7, 11) is 0.695. The molecule has 1 aliphatic heterocycles. The van der Waals surface area contributed by atoms with Crippen LogP contribution in [-0.4, -0.2) is 51.6 Å². The second-order valence-corrected chi connectivity index (χ2v) is 8.75. The Morgan fingerprint density at radius 1 is 1.33 bits per heavy atom. The number of methoxy groups -OCH3 is 1. The number of rotatable bonds is 5. The highest BCUT2D eigenvalue weighted by Gasteiger charge is 2.48. The molecule has 0 aromatic heterocycles. The second kappa shape index (κ2) is 6.58. The highest BCUT2D eigenvalue weighted by Crippen LogP contribution is 2.31. The molecule has 2 rings (SSSR count). The third-order valence-corrected chi connectivity index (χ3v) is 6.00. The average Bonchev–Trinajstić information content (AvgIpc) is 2.74. The smallest absolute Gasteiger partial charge is 0.174 e. The molecule has 1 aromatic rings. The second-order valence-electron chi connectivity index (χ2n) is 6.59. The van der Waals surface area contributed by atoms with Crippen LogP contribution in [0.2, 0.25) is 0 Å². The molecule has 21 heavy (non-hydrogen) atoms. The first-order valence-corrected chi connectivity index (χ1v) is 8.85. The quantitative estimate of drug-likeness (QED) is 0.815. The molecular weight excluding hydrogens is 284 g/mol. The van der Waals surface area contributed by atoms with Crippen LogP contribution < -0.4 is 5.19 Å². The van der Waals surface area contributed by atoms with E-state index in [4.69, 9.17) is 14.2 Å². The Morgan fingerprint density at radius 3 is 2.57 bits per heavy atom. The molecule has 4 nitrogen and oxygen atoms in total. The molecule has 0 saturated carbocycles. The Bertz CT molecular complexity index is 445. The number of benzene rings is 1. The minimum Gasteiger partial charge on any atom is -0.388 e. The highest BCUT2D eigenvalue weighted by atomic mass is 28.2. The molecule has 1 heterocycles. The largest absolute Gasteiger partial charge is 0.388 e. The summed E-state index contributed by atoms with van der Waals surface area (Å²) in [5.41, 5.74) is -1.04. The van der Waals surface area contributed by atoms with Crippen LogP contribution in [-0.2, 0) is 14.2 Å². The monoisotopic (exact) mass is 310 g/mol. The fourth-order valence-corrected chi connectivity index (χ4v) is 4.52. The van der Waals surface area contributed by atoms with Gasteiger partial charge < -0.3 is 19.3 Å². The lowest BCUT2D eigenvalue weighted by Crippen LogP contribution is -2.51. The van der Waals surface area contributed by atoms with Gasteiger partial charge in [0.1, 0.15) is 15.6 Å². The van der Waals surface area contributed by atoms with Crippen molar-refractivity contribution in [1.29, 1.82) is 0 Å². The number of ether oxygens (including phenoxy) is 3. The maximum absolute atomic E-state index is 10.4. The zero-order chi connectivity index (χ0) is 15.5. The van der Waals surface area contributed by atoms with Gasteiger partial charge in [-0.05, 0) is 20.8 Å². The van der Waals surface area contributed by atoms with E-state index < -0.39 is 21.0 Å². The molecule has 1 unspecified atom stereocenters. The van der Waals surface area contributed by atoms with Gasteiger partial charge in [-0.15, -0.1) is 0 Å². The number of aliphatic hydroxyl groups excluding tert-OH is 1. The van der Waals surface area contributed by atoms with E-state index in [1.807, 2.05) is 39.0 Å². The lowest BCUT2D eigenvalue weighted by Gasteiger charge is -2.31. The van der Waals surface area contributed by atoms with Crippen LogP contribution in [0.1, 0.15) is 27.2 Å².